The van der Waals surface area contributed by atoms with Gasteiger partial charge in [-0.3, -0.25) is 14.9 Å². The number of benzene rings is 2. The maximum Gasteiger partial charge on any atom is 0.329 e. The Kier molecular flexibility index (Phi) is 5.58. The Morgan fingerprint density at radius 1 is 1.11 bits per heavy atom. The number of nitrogens with zero attached hydrogens (tertiary/aromatic N) is 1. The average molecular weight is 383 g/mol. The standard InChI is InChI=1S/C20H21N3O5/c24-18(22-20(19(25)26)10-4-5-11-20)15-8-9-16(17(12-15)23(27)28)21-13-14-6-2-1-3-7-14/h1-3,6-9,12,21H,4-5,10-11,13H2,(H,22,24)(H,25,26). The smallest absolute Gasteiger partial charge is 0.329 e. The number of hydrogen-bond donors (Lipinski definition) is 3. The van der Waals surface area contributed by atoms with Crippen molar-refractivity contribution in [2.45, 2.75) is 37.8 Å². The van der Waals surface area contributed by atoms with E-state index in [2.05, 4.69) is 10.6 Å². The first-order valence-electron chi connectivity index (χ1n) is 9.03. The molecule has 0 spiro atoms. The highest BCUT2D eigenvalue weighted by atomic mass is 16.6. The SMILES string of the molecule is O=C(NC1(C(=O)O)CCCC1)c1ccc(NCc2ccccc2)c([N+](=O)[O-])c1. The molecule has 0 aromatic heterocycles. The summed E-state index contributed by atoms with van der Waals surface area (Å²) in [6.45, 7) is 0.398. The van der Waals surface area contributed by atoms with Gasteiger partial charge < -0.3 is 15.7 Å². The minimum absolute atomic E-state index is 0.0597. The number of rotatable bonds is 7. The maximum atomic E-state index is 12.6. The maximum absolute atomic E-state index is 12.6. The van der Waals surface area contributed by atoms with Crippen LogP contribution in [0.2, 0.25) is 0 Å². The van der Waals surface area contributed by atoms with Crippen LogP contribution < -0.4 is 10.6 Å². The first-order chi connectivity index (χ1) is 13.4. The summed E-state index contributed by atoms with van der Waals surface area (Å²) < 4.78 is 0. The molecule has 0 atom stereocenters. The lowest BCUT2D eigenvalue weighted by molar-refractivity contribution is -0.384. The Hall–Kier alpha value is -3.42. The Bertz CT molecular complexity index is 892. The van der Waals surface area contributed by atoms with Crippen molar-refractivity contribution in [3.05, 3.63) is 69.8 Å². The number of nitro benzene ring substituents is 1. The van der Waals surface area contributed by atoms with Gasteiger partial charge in [0.15, 0.2) is 0 Å². The predicted molar refractivity (Wildman–Crippen MR) is 103 cm³/mol. The summed E-state index contributed by atoms with van der Waals surface area (Å²) in [6, 6.07) is 13.5. The van der Waals surface area contributed by atoms with Gasteiger partial charge in [0.2, 0.25) is 0 Å². The molecule has 0 bridgehead atoms. The van der Waals surface area contributed by atoms with E-state index in [0.29, 0.717) is 25.1 Å². The number of amides is 1. The van der Waals surface area contributed by atoms with Crippen LogP contribution >= 0.6 is 0 Å². The lowest BCUT2D eigenvalue weighted by Crippen LogP contribution is -2.52. The van der Waals surface area contributed by atoms with Crippen molar-refractivity contribution in [3.8, 4) is 0 Å². The molecule has 8 heteroatoms. The quantitative estimate of drug-likeness (QED) is 0.498. The van der Waals surface area contributed by atoms with E-state index >= 15 is 0 Å². The van der Waals surface area contributed by atoms with Crippen LogP contribution in [0, 0.1) is 10.1 Å². The van der Waals surface area contributed by atoms with Crippen LogP contribution in [0.25, 0.3) is 0 Å². The van der Waals surface area contributed by atoms with Crippen LogP contribution in [0.1, 0.15) is 41.6 Å². The molecule has 0 radical (unpaired) electrons. The molecule has 0 unspecified atom stereocenters. The van der Waals surface area contributed by atoms with Gasteiger partial charge in [0.25, 0.3) is 11.6 Å². The first kappa shape index (κ1) is 19.3. The summed E-state index contributed by atoms with van der Waals surface area (Å²) in [5.41, 5.74) is -0.220. The number of nitro groups is 1. The fraction of sp³-hybridized carbons (Fsp3) is 0.300. The normalized spacial score (nSPS) is 15.0. The number of carboxylic acid groups (broad SMARTS) is 1. The monoisotopic (exact) mass is 383 g/mol. The van der Waals surface area contributed by atoms with Gasteiger partial charge in [-0.2, -0.15) is 0 Å². The third-order valence-corrected chi connectivity index (χ3v) is 5.00. The van der Waals surface area contributed by atoms with Gasteiger partial charge in [0, 0.05) is 18.2 Å². The van der Waals surface area contributed by atoms with Crippen molar-refractivity contribution in [3.63, 3.8) is 0 Å². The topological polar surface area (TPSA) is 122 Å². The van der Waals surface area contributed by atoms with Gasteiger partial charge >= 0.3 is 5.97 Å². The first-order valence-corrected chi connectivity index (χ1v) is 9.03. The summed E-state index contributed by atoms with van der Waals surface area (Å²) >= 11 is 0. The van der Waals surface area contributed by atoms with E-state index in [1.54, 1.807) is 0 Å². The third kappa shape index (κ3) is 4.11. The van der Waals surface area contributed by atoms with Crippen molar-refractivity contribution < 1.29 is 19.6 Å². The molecule has 2 aromatic carbocycles. The van der Waals surface area contributed by atoms with E-state index in [1.807, 2.05) is 30.3 Å². The summed E-state index contributed by atoms with van der Waals surface area (Å²) in [5, 5.41) is 26.5. The zero-order valence-electron chi connectivity index (χ0n) is 15.2. The number of carbonyl (C=O) groups excluding carboxylic acids is 1. The molecule has 0 heterocycles. The van der Waals surface area contributed by atoms with Crippen molar-refractivity contribution >= 4 is 23.3 Å². The van der Waals surface area contributed by atoms with Crippen LogP contribution in [-0.4, -0.2) is 27.4 Å². The minimum atomic E-state index is -1.30. The van der Waals surface area contributed by atoms with Gasteiger partial charge in [-0.1, -0.05) is 43.2 Å². The van der Waals surface area contributed by atoms with E-state index < -0.39 is 22.3 Å². The summed E-state index contributed by atoms with van der Waals surface area (Å²) in [4.78, 5) is 35.1. The Morgan fingerprint density at radius 2 is 1.79 bits per heavy atom. The molecule has 1 aliphatic carbocycles. The van der Waals surface area contributed by atoms with E-state index in [9.17, 15) is 24.8 Å². The fourth-order valence-electron chi connectivity index (χ4n) is 3.43. The van der Waals surface area contributed by atoms with E-state index in [0.717, 1.165) is 18.4 Å². The highest BCUT2D eigenvalue weighted by molar-refractivity contribution is 5.99. The molecule has 146 valence electrons. The molecule has 3 rings (SSSR count). The van der Waals surface area contributed by atoms with Crippen LogP contribution in [0.15, 0.2) is 48.5 Å². The molecule has 1 aliphatic rings. The van der Waals surface area contributed by atoms with Crippen molar-refractivity contribution in [1.29, 1.82) is 0 Å². The lowest BCUT2D eigenvalue weighted by atomic mass is 9.97. The molecule has 3 N–H and O–H groups in total. The Morgan fingerprint density at radius 3 is 2.39 bits per heavy atom. The Balaban J connectivity index is 1.79. The molecule has 28 heavy (non-hydrogen) atoms. The van der Waals surface area contributed by atoms with Gasteiger partial charge in [0.1, 0.15) is 11.2 Å². The minimum Gasteiger partial charge on any atom is -0.480 e. The van der Waals surface area contributed by atoms with E-state index in [4.69, 9.17) is 0 Å². The van der Waals surface area contributed by atoms with E-state index in [1.165, 1.54) is 18.2 Å². The molecular weight excluding hydrogens is 362 g/mol. The van der Waals surface area contributed by atoms with Gasteiger partial charge in [0.05, 0.1) is 4.92 Å². The number of carboxylic acids is 1. The van der Waals surface area contributed by atoms with Gasteiger partial charge in [-0.15, -0.1) is 0 Å². The highest BCUT2D eigenvalue weighted by Crippen LogP contribution is 2.31. The number of aliphatic carboxylic acids is 1. The summed E-state index contributed by atoms with van der Waals surface area (Å²) in [5.74, 6) is -1.70. The second kappa shape index (κ2) is 8.08. The molecule has 1 saturated carbocycles. The number of anilines is 1. The van der Waals surface area contributed by atoms with Crippen LogP contribution in [-0.2, 0) is 11.3 Å². The van der Waals surface area contributed by atoms with Crippen LogP contribution in [0.4, 0.5) is 11.4 Å². The second-order valence-electron chi connectivity index (χ2n) is 6.88. The third-order valence-electron chi connectivity index (χ3n) is 5.00. The highest BCUT2D eigenvalue weighted by Gasteiger charge is 2.42. The van der Waals surface area contributed by atoms with Crippen molar-refractivity contribution in [1.82, 2.24) is 5.32 Å². The molecule has 2 aromatic rings. The number of nitrogens with one attached hydrogen (secondary N) is 2. The van der Waals surface area contributed by atoms with Crippen molar-refractivity contribution in [2.75, 3.05) is 5.32 Å². The number of hydrogen-bond acceptors (Lipinski definition) is 5. The summed E-state index contributed by atoms with van der Waals surface area (Å²) in [6.07, 6.45) is 2.14. The summed E-state index contributed by atoms with van der Waals surface area (Å²) in [7, 11) is 0. The predicted octanol–water partition coefficient (Wildman–Crippen LogP) is 3.33. The average Bonchev–Trinajstić information content (AvgIpc) is 3.17. The number of carbonyl (C=O) groups is 2. The molecule has 0 aliphatic heterocycles. The fourth-order valence-corrected chi connectivity index (χ4v) is 3.43. The van der Waals surface area contributed by atoms with Crippen molar-refractivity contribution in [2.24, 2.45) is 0 Å². The molecule has 8 nitrogen and oxygen atoms in total. The van der Waals surface area contributed by atoms with Crippen LogP contribution in [0.5, 0.6) is 0 Å². The zero-order valence-corrected chi connectivity index (χ0v) is 15.2. The lowest BCUT2D eigenvalue weighted by Gasteiger charge is -2.25. The largest absolute Gasteiger partial charge is 0.480 e. The van der Waals surface area contributed by atoms with Gasteiger partial charge in [-0.25, -0.2) is 4.79 Å². The molecule has 0 saturated heterocycles. The molecule has 1 amide bonds. The zero-order chi connectivity index (χ0) is 20.1. The second-order valence-corrected chi connectivity index (χ2v) is 6.88. The molecular formula is C20H21N3O5. The molecule has 1 fully saturated rings. The van der Waals surface area contributed by atoms with Crippen LogP contribution in [0.3, 0.4) is 0 Å². The Labute approximate surface area is 161 Å². The van der Waals surface area contributed by atoms with E-state index in [-0.39, 0.29) is 11.3 Å². The van der Waals surface area contributed by atoms with Gasteiger partial charge in [-0.05, 0) is 30.5 Å².